The number of piperidine rings is 1. The predicted octanol–water partition coefficient (Wildman–Crippen LogP) is 2.81. The highest BCUT2D eigenvalue weighted by Crippen LogP contribution is 2.33. The third kappa shape index (κ3) is 2.40. The van der Waals surface area contributed by atoms with Crippen molar-refractivity contribution in [3.05, 3.63) is 70.6 Å². The van der Waals surface area contributed by atoms with Crippen molar-refractivity contribution in [2.24, 2.45) is 0 Å². The lowest BCUT2D eigenvalue weighted by Crippen LogP contribution is -2.38. The van der Waals surface area contributed by atoms with E-state index in [-0.39, 0.29) is 30.1 Å². The third-order valence-electron chi connectivity index (χ3n) is 4.19. The van der Waals surface area contributed by atoms with Crippen molar-refractivity contribution in [1.29, 1.82) is 0 Å². The Bertz CT molecular complexity index is 978. The molecule has 2 amide bonds. The van der Waals surface area contributed by atoms with E-state index in [9.17, 15) is 14.7 Å². The van der Waals surface area contributed by atoms with Crippen LogP contribution in [0.5, 0.6) is 0 Å². The number of nitrogens with one attached hydrogen (secondary N) is 1. The molecule has 2 aromatic rings. The van der Waals surface area contributed by atoms with E-state index >= 15 is 0 Å². The first-order valence-corrected chi connectivity index (χ1v) is 7.63. The SMILES string of the molecule is O=C1CC2=CC(=Cc3cccc4ncccc34)CC(O)=C2C(=O)N1. The number of pyridine rings is 1. The van der Waals surface area contributed by atoms with Crippen molar-refractivity contribution < 1.29 is 14.7 Å². The minimum Gasteiger partial charge on any atom is -0.511 e. The summed E-state index contributed by atoms with van der Waals surface area (Å²) in [6.07, 6.45) is 5.88. The number of hydrogen-bond acceptors (Lipinski definition) is 4. The largest absolute Gasteiger partial charge is 0.511 e. The lowest BCUT2D eigenvalue weighted by Gasteiger charge is -2.23. The number of nitrogens with zero attached hydrogens (tertiary/aromatic N) is 1. The predicted molar refractivity (Wildman–Crippen MR) is 89.8 cm³/mol. The van der Waals surface area contributed by atoms with Crippen LogP contribution in [0.15, 0.2) is 65.1 Å². The van der Waals surface area contributed by atoms with Crippen molar-refractivity contribution in [2.75, 3.05) is 0 Å². The van der Waals surface area contributed by atoms with Crippen LogP contribution >= 0.6 is 0 Å². The van der Waals surface area contributed by atoms with E-state index in [4.69, 9.17) is 0 Å². The fourth-order valence-corrected chi connectivity index (χ4v) is 3.18. The summed E-state index contributed by atoms with van der Waals surface area (Å²) in [6.45, 7) is 0. The van der Waals surface area contributed by atoms with Crippen LogP contribution in [-0.4, -0.2) is 21.9 Å². The summed E-state index contributed by atoms with van der Waals surface area (Å²) in [5, 5.41) is 13.5. The van der Waals surface area contributed by atoms with Crippen LogP contribution in [-0.2, 0) is 9.59 Å². The van der Waals surface area contributed by atoms with Gasteiger partial charge < -0.3 is 5.11 Å². The lowest BCUT2D eigenvalue weighted by atomic mass is 9.87. The molecule has 1 aromatic heterocycles. The van der Waals surface area contributed by atoms with Gasteiger partial charge >= 0.3 is 0 Å². The number of aromatic nitrogens is 1. The van der Waals surface area contributed by atoms with E-state index in [0.29, 0.717) is 5.57 Å². The summed E-state index contributed by atoms with van der Waals surface area (Å²) in [4.78, 5) is 27.8. The van der Waals surface area contributed by atoms with E-state index in [1.165, 1.54) is 0 Å². The number of allylic oxidation sites excluding steroid dienone is 2. The van der Waals surface area contributed by atoms with Crippen LogP contribution in [0, 0.1) is 0 Å². The lowest BCUT2D eigenvalue weighted by molar-refractivity contribution is -0.129. The van der Waals surface area contributed by atoms with Gasteiger partial charge in [-0.1, -0.05) is 30.4 Å². The molecule has 0 bridgehead atoms. The number of carbonyl (C=O) groups excluding carboxylic acids is 2. The summed E-state index contributed by atoms with van der Waals surface area (Å²) >= 11 is 0. The van der Waals surface area contributed by atoms with Crippen LogP contribution in [0.3, 0.4) is 0 Å². The molecule has 5 nitrogen and oxygen atoms in total. The van der Waals surface area contributed by atoms with Gasteiger partial charge in [-0.3, -0.25) is 19.9 Å². The zero-order chi connectivity index (χ0) is 16.7. The molecular formula is C19H14N2O3. The van der Waals surface area contributed by atoms with Crippen LogP contribution in [0.1, 0.15) is 18.4 Å². The summed E-state index contributed by atoms with van der Waals surface area (Å²) in [5.41, 5.74) is 3.52. The molecule has 5 heteroatoms. The molecule has 4 rings (SSSR count). The highest BCUT2D eigenvalue weighted by atomic mass is 16.3. The second-order valence-electron chi connectivity index (χ2n) is 5.86. The van der Waals surface area contributed by atoms with Gasteiger partial charge in [-0.15, -0.1) is 0 Å². The average Bonchev–Trinajstić information content (AvgIpc) is 2.54. The highest BCUT2D eigenvalue weighted by molar-refractivity contribution is 6.12. The molecular weight excluding hydrogens is 304 g/mol. The summed E-state index contributed by atoms with van der Waals surface area (Å²) in [7, 11) is 0. The van der Waals surface area contributed by atoms with Crippen LogP contribution in [0.2, 0.25) is 0 Å². The van der Waals surface area contributed by atoms with Crippen molar-refractivity contribution >= 4 is 28.8 Å². The fraction of sp³-hybridized carbons (Fsp3) is 0.105. The van der Waals surface area contributed by atoms with Gasteiger partial charge in [0.1, 0.15) is 5.76 Å². The van der Waals surface area contributed by atoms with E-state index in [2.05, 4.69) is 10.3 Å². The number of imide groups is 1. The molecule has 1 fully saturated rings. The minimum absolute atomic E-state index is 0.00196. The Morgan fingerprint density at radius 2 is 2.00 bits per heavy atom. The zero-order valence-electron chi connectivity index (χ0n) is 12.7. The molecule has 1 aromatic carbocycles. The Morgan fingerprint density at radius 3 is 2.88 bits per heavy atom. The number of rotatable bonds is 1. The smallest absolute Gasteiger partial charge is 0.261 e. The van der Waals surface area contributed by atoms with Gasteiger partial charge in [-0.05, 0) is 28.8 Å². The Hall–Kier alpha value is -3.21. The van der Waals surface area contributed by atoms with Gasteiger partial charge in [-0.25, -0.2) is 0 Å². The maximum Gasteiger partial charge on any atom is 0.261 e. The molecule has 1 saturated heterocycles. The number of carbonyl (C=O) groups is 2. The maximum absolute atomic E-state index is 11.9. The summed E-state index contributed by atoms with van der Waals surface area (Å²) in [5.74, 6) is -0.871. The summed E-state index contributed by atoms with van der Waals surface area (Å²) < 4.78 is 0. The molecule has 0 spiro atoms. The molecule has 0 atom stereocenters. The van der Waals surface area contributed by atoms with Gasteiger partial charge in [0.05, 0.1) is 17.5 Å². The van der Waals surface area contributed by atoms with Crippen molar-refractivity contribution in [3.63, 3.8) is 0 Å². The van der Waals surface area contributed by atoms with Gasteiger partial charge in [0, 0.05) is 18.0 Å². The number of fused-ring (bicyclic) bond motifs is 2. The number of aliphatic hydroxyl groups is 1. The molecule has 0 unspecified atom stereocenters. The summed E-state index contributed by atoms with van der Waals surface area (Å²) in [6, 6.07) is 9.71. The molecule has 1 aliphatic heterocycles. The average molecular weight is 318 g/mol. The van der Waals surface area contributed by atoms with Crippen molar-refractivity contribution in [2.45, 2.75) is 12.8 Å². The first-order valence-electron chi connectivity index (χ1n) is 7.63. The minimum atomic E-state index is -0.525. The Morgan fingerprint density at radius 1 is 1.12 bits per heavy atom. The standard InChI is InChI=1S/C19H14N2O3/c22-16-9-11(8-13-10-17(23)21-19(24)18(13)16)7-12-3-1-5-15-14(12)4-2-6-20-15/h1-8,22H,9-10H2,(H,21,23,24). The molecule has 2 aliphatic rings. The topological polar surface area (TPSA) is 79.3 Å². The Labute approximate surface area is 138 Å². The van der Waals surface area contributed by atoms with Gasteiger partial charge in [0.2, 0.25) is 5.91 Å². The Balaban J connectivity index is 1.79. The van der Waals surface area contributed by atoms with Crippen molar-refractivity contribution in [1.82, 2.24) is 10.3 Å². The number of benzene rings is 1. The van der Waals surface area contributed by atoms with Gasteiger partial charge in [0.15, 0.2) is 0 Å². The van der Waals surface area contributed by atoms with E-state index in [0.717, 1.165) is 22.0 Å². The van der Waals surface area contributed by atoms with E-state index in [1.807, 2.05) is 42.5 Å². The van der Waals surface area contributed by atoms with Gasteiger partial charge in [-0.2, -0.15) is 0 Å². The van der Waals surface area contributed by atoms with E-state index in [1.54, 1.807) is 6.20 Å². The maximum atomic E-state index is 11.9. The monoisotopic (exact) mass is 318 g/mol. The quantitative estimate of drug-likeness (QED) is 0.793. The van der Waals surface area contributed by atoms with Gasteiger partial charge in [0.25, 0.3) is 5.91 Å². The number of amides is 2. The highest BCUT2D eigenvalue weighted by Gasteiger charge is 2.31. The molecule has 1 aliphatic carbocycles. The third-order valence-corrected chi connectivity index (χ3v) is 4.19. The first kappa shape index (κ1) is 14.4. The first-order chi connectivity index (χ1) is 11.6. The molecule has 2 N–H and O–H groups in total. The van der Waals surface area contributed by atoms with Crippen LogP contribution in [0.25, 0.3) is 17.0 Å². The normalized spacial score (nSPS) is 19.3. The molecule has 2 heterocycles. The zero-order valence-corrected chi connectivity index (χ0v) is 12.7. The molecule has 118 valence electrons. The number of aliphatic hydroxyl groups excluding tert-OH is 1. The second-order valence-corrected chi connectivity index (χ2v) is 5.86. The van der Waals surface area contributed by atoms with Crippen LogP contribution < -0.4 is 5.32 Å². The van der Waals surface area contributed by atoms with E-state index < -0.39 is 5.91 Å². The molecule has 24 heavy (non-hydrogen) atoms. The van der Waals surface area contributed by atoms with Crippen LogP contribution in [0.4, 0.5) is 0 Å². The molecule has 0 saturated carbocycles. The second kappa shape index (κ2) is 5.45. The number of hydrogen-bond donors (Lipinski definition) is 2. The fourth-order valence-electron chi connectivity index (χ4n) is 3.18. The molecule has 0 radical (unpaired) electrons. The Kier molecular flexibility index (Phi) is 3.27. The van der Waals surface area contributed by atoms with Crippen molar-refractivity contribution in [3.8, 4) is 0 Å².